The second kappa shape index (κ2) is 10.1. The minimum Gasteiger partial charge on any atom is -0.334 e. The number of anilines is 1. The van der Waals surface area contributed by atoms with E-state index in [9.17, 15) is 9.59 Å². The van der Waals surface area contributed by atoms with Gasteiger partial charge in [-0.3, -0.25) is 9.59 Å². The van der Waals surface area contributed by atoms with Crippen molar-refractivity contribution < 1.29 is 9.59 Å². The maximum atomic E-state index is 13.3. The topological polar surface area (TPSA) is 40.6 Å². The molecule has 0 fully saturated rings. The molecule has 1 heterocycles. The molecule has 0 radical (unpaired) electrons. The highest BCUT2D eigenvalue weighted by Gasteiger charge is 2.21. The summed E-state index contributed by atoms with van der Waals surface area (Å²) in [7, 11) is 0. The van der Waals surface area contributed by atoms with E-state index in [1.165, 1.54) is 0 Å². The summed E-state index contributed by atoms with van der Waals surface area (Å²) in [6.45, 7) is 3.38. The summed E-state index contributed by atoms with van der Waals surface area (Å²) >= 11 is 12.2. The zero-order valence-corrected chi connectivity index (χ0v) is 18.2. The molecule has 0 N–H and O–H groups in total. The average Bonchev–Trinajstić information content (AvgIpc) is 2.67. The van der Waals surface area contributed by atoms with Gasteiger partial charge in [0.1, 0.15) is 0 Å². The first-order valence-corrected chi connectivity index (χ1v) is 10.8. The lowest BCUT2D eigenvalue weighted by atomic mass is 10.1. The van der Waals surface area contributed by atoms with Gasteiger partial charge in [-0.05, 0) is 42.7 Å². The average molecular weight is 433 g/mol. The Morgan fingerprint density at radius 3 is 2.17 bits per heavy atom. The van der Waals surface area contributed by atoms with Crippen LogP contribution in [0, 0.1) is 0 Å². The van der Waals surface area contributed by atoms with Crippen LogP contribution in [0.4, 0.5) is 5.69 Å². The monoisotopic (exact) mass is 432 g/mol. The maximum Gasteiger partial charge on any atom is 0.254 e. The van der Waals surface area contributed by atoms with E-state index >= 15 is 0 Å². The molecule has 0 saturated heterocycles. The van der Waals surface area contributed by atoms with Gasteiger partial charge in [0.2, 0.25) is 5.91 Å². The number of amides is 2. The van der Waals surface area contributed by atoms with E-state index in [-0.39, 0.29) is 11.8 Å². The van der Waals surface area contributed by atoms with E-state index in [1.807, 2.05) is 34.1 Å². The molecule has 2 amide bonds. The number of hydrogen-bond donors (Lipinski definition) is 0. The molecule has 0 saturated carbocycles. The molecule has 6 heteroatoms. The van der Waals surface area contributed by atoms with Crippen LogP contribution in [-0.4, -0.2) is 29.8 Å². The van der Waals surface area contributed by atoms with Crippen molar-refractivity contribution in [1.29, 1.82) is 0 Å². The van der Waals surface area contributed by atoms with Crippen molar-refractivity contribution in [2.45, 2.75) is 45.6 Å². The Balaban J connectivity index is 1.96. The number of para-hydroxylation sites is 1. The highest BCUT2D eigenvalue weighted by molar-refractivity contribution is 6.35. The Bertz CT molecular complexity index is 865. The third-order valence-corrected chi connectivity index (χ3v) is 5.67. The van der Waals surface area contributed by atoms with Crippen LogP contribution in [-0.2, 0) is 11.3 Å². The minimum atomic E-state index is -0.101. The molecule has 154 valence electrons. The van der Waals surface area contributed by atoms with Crippen LogP contribution in [0.1, 0.15) is 54.9 Å². The molecule has 2 aromatic rings. The van der Waals surface area contributed by atoms with Gasteiger partial charge in [0.25, 0.3) is 5.91 Å². The minimum absolute atomic E-state index is 0.0222. The lowest BCUT2D eigenvalue weighted by Crippen LogP contribution is -2.34. The van der Waals surface area contributed by atoms with Gasteiger partial charge in [-0.25, -0.2) is 0 Å². The predicted molar refractivity (Wildman–Crippen MR) is 119 cm³/mol. The summed E-state index contributed by atoms with van der Waals surface area (Å²) in [5.74, 6) is -0.0790. The summed E-state index contributed by atoms with van der Waals surface area (Å²) < 4.78 is 0. The number of benzene rings is 2. The molecule has 0 unspecified atom stereocenters. The second-order valence-electron chi connectivity index (χ2n) is 7.45. The first-order chi connectivity index (χ1) is 14.0. The lowest BCUT2D eigenvalue weighted by molar-refractivity contribution is -0.116. The number of nitrogens with zero attached hydrogens (tertiary/aromatic N) is 2. The number of fused-ring (bicyclic) bond motifs is 1. The van der Waals surface area contributed by atoms with Crippen LogP contribution in [0.15, 0.2) is 42.5 Å². The first kappa shape index (κ1) is 21.7. The highest BCUT2D eigenvalue weighted by atomic mass is 35.5. The van der Waals surface area contributed by atoms with Gasteiger partial charge in [0.05, 0.1) is 0 Å². The Hall–Kier alpha value is -2.04. The Morgan fingerprint density at radius 2 is 1.48 bits per heavy atom. The third-order valence-electron chi connectivity index (χ3n) is 5.23. The molecule has 29 heavy (non-hydrogen) atoms. The van der Waals surface area contributed by atoms with Crippen molar-refractivity contribution in [2.24, 2.45) is 0 Å². The SMILES string of the molecule is CC(=O)N1CCCCCCCN(C(=O)c2cc(Cl)cc(Cl)c2)Cc2ccccc21. The molecule has 3 rings (SSSR count). The molecule has 1 aliphatic rings. The van der Waals surface area contributed by atoms with Crippen molar-refractivity contribution in [2.75, 3.05) is 18.0 Å². The molecule has 2 aromatic carbocycles. The molecule has 0 atom stereocenters. The van der Waals surface area contributed by atoms with Crippen molar-refractivity contribution in [1.82, 2.24) is 4.90 Å². The quantitative estimate of drug-likeness (QED) is 0.558. The fourth-order valence-electron chi connectivity index (χ4n) is 3.78. The summed E-state index contributed by atoms with van der Waals surface area (Å²) in [5.41, 5.74) is 2.32. The Morgan fingerprint density at radius 1 is 0.862 bits per heavy atom. The molecule has 4 nitrogen and oxygen atoms in total. The number of halogens is 2. The molecular formula is C23H26Cl2N2O2. The third kappa shape index (κ3) is 5.74. The highest BCUT2D eigenvalue weighted by Crippen LogP contribution is 2.26. The van der Waals surface area contributed by atoms with Crippen molar-refractivity contribution in [3.8, 4) is 0 Å². The largest absolute Gasteiger partial charge is 0.334 e. The van der Waals surface area contributed by atoms with Gasteiger partial charge in [0, 0.05) is 47.9 Å². The van der Waals surface area contributed by atoms with Crippen molar-refractivity contribution in [3.63, 3.8) is 0 Å². The van der Waals surface area contributed by atoms with Crippen LogP contribution in [0.25, 0.3) is 0 Å². The number of carbonyl (C=O) groups excluding carboxylic acids is 2. The van der Waals surface area contributed by atoms with E-state index in [2.05, 4.69) is 0 Å². The molecule has 0 spiro atoms. The van der Waals surface area contributed by atoms with E-state index in [0.29, 0.717) is 35.2 Å². The van der Waals surface area contributed by atoms with Gasteiger partial charge in [-0.15, -0.1) is 0 Å². The van der Waals surface area contributed by atoms with Crippen LogP contribution in [0.3, 0.4) is 0 Å². The van der Waals surface area contributed by atoms with E-state index in [4.69, 9.17) is 23.2 Å². The number of hydrogen-bond acceptors (Lipinski definition) is 2. The summed E-state index contributed by atoms with van der Waals surface area (Å²) in [6, 6.07) is 12.8. The zero-order chi connectivity index (χ0) is 20.8. The normalized spacial score (nSPS) is 15.8. The summed E-state index contributed by atoms with van der Waals surface area (Å²) in [4.78, 5) is 29.2. The lowest BCUT2D eigenvalue weighted by Gasteiger charge is -2.29. The fourth-order valence-corrected chi connectivity index (χ4v) is 4.30. The summed E-state index contributed by atoms with van der Waals surface area (Å²) in [5, 5.41) is 0.886. The van der Waals surface area contributed by atoms with E-state index < -0.39 is 0 Å². The second-order valence-corrected chi connectivity index (χ2v) is 8.32. The van der Waals surface area contributed by atoms with E-state index in [1.54, 1.807) is 25.1 Å². The van der Waals surface area contributed by atoms with Crippen molar-refractivity contribution >= 4 is 40.7 Å². The standard InChI is InChI=1S/C23H26Cl2N2O2/c1-17(28)27-12-8-4-2-3-7-11-26(16-18-9-5-6-10-22(18)27)23(29)19-13-20(24)15-21(25)14-19/h5-6,9-10,13-15H,2-4,7-8,11-12,16H2,1H3. The number of carbonyl (C=O) groups is 2. The van der Waals surface area contributed by atoms with Crippen molar-refractivity contribution in [3.05, 3.63) is 63.6 Å². The zero-order valence-electron chi connectivity index (χ0n) is 16.7. The van der Waals surface area contributed by atoms with Crippen LogP contribution >= 0.6 is 23.2 Å². The Labute approximate surface area is 182 Å². The van der Waals surface area contributed by atoms with Gasteiger partial charge >= 0.3 is 0 Å². The van der Waals surface area contributed by atoms with Crippen LogP contribution in [0.5, 0.6) is 0 Å². The van der Waals surface area contributed by atoms with Gasteiger partial charge < -0.3 is 9.80 Å². The van der Waals surface area contributed by atoms with Crippen LogP contribution < -0.4 is 4.90 Å². The van der Waals surface area contributed by atoms with E-state index in [0.717, 1.165) is 43.4 Å². The first-order valence-electron chi connectivity index (χ1n) is 10.1. The summed E-state index contributed by atoms with van der Waals surface area (Å²) in [6.07, 6.45) is 5.15. The van der Waals surface area contributed by atoms with Gasteiger partial charge in [-0.1, -0.05) is 60.7 Å². The molecule has 0 aliphatic carbocycles. The fraction of sp³-hybridized carbons (Fsp3) is 0.391. The van der Waals surface area contributed by atoms with Gasteiger partial charge in [0.15, 0.2) is 0 Å². The number of rotatable bonds is 1. The smallest absolute Gasteiger partial charge is 0.254 e. The Kier molecular flexibility index (Phi) is 7.57. The van der Waals surface area contributed by atoms with Crippen LogP contribution in [0.2, 0.25) is 10.0 Å². The molecule has 0 aromatic heterocycles. The maximum absolute atomic E-state index is 13.3. The predicted octanol–water partition coefficient (Wildman–Crippen LogP) is 5.95. The molecule has 1 aliphatic heterocycles. The molecular weight excluding hydrogens is 407 g/mol. The molecule has 0 bridgehead atoms. The van der Waals surface area contributed by atoms with Gasteiger partial charge in [-0.2, -0.15) is 0 Å².